The molecule has 1 fully saturated rings. The van der Waals surface area contributed by atoms with Gasteiger partial charge in [0, 0.05) is 29.5 Å². The minimum Gasteiger partial charge on any atom is -0.453 e. The number of methoxy groups -OCH3 is 1. The lowest BCUT2D eigenvalue weighted by molar-refractivity contribution is -0.126. The number of carbonyl (C=O) groups excluding carboxylic acids is 3. The zero-order valence-corrected chi connectivity index (χ0v) is 21.0. The van der Waals surface area contributed by atoms with Crippen molar-refractivity contribution in [1.29, 1.82) is 0 Å². The number of carbonyl (C=O) groups is 3. The zero-order chi connectivity index (χ0) is 26.0. The summed E-state index contributed by atoms with van der Waals surface area (Å²) in [5.74, 6) is -1.96. The Bertz CT molecular complexity index is 1450. The van der Waals surface area contributed by atoms with Crippen molar-refractivity contribution in [3.05, 3.63) is 47.2 Å². The third kappa shape index (κ3) is 5.79. The molecule has 4 rings (SSSR count). The fourth-order valence-corrected chi connectivity index (χ4v) is 6.06. The van der Waals surface area contributed by atoms with Gasteiger partial charge in [0.2, 0.25) is 11.8 Å². The van der Waals surface area contributed by atoms with Crippen LogP contribution in [0.1, 0.15) is 23.1 Å². The normalized spacial score (nSPS) is 14.2. The van der Waals surface area contributed by atoms with Crippen LogP contribution in [0.5, 0.6) is 0 Å². The molecule has 36 heavy (non-hydrogen) atoms. The van der Waals surface area contributed by atoms with Gasteiger partial charge in [-0.15, -0.1) is 11.3 Å². The van der Waals surface area contributed by atoms with E-state index in [-0.39, 0.29) is 28.7 Å². The summed E-state index contributed by atoms with van der Waals surface area (Å²) in [5.41, 5.74) is 0.992. The van der Waals surface area contributed by atoms with Crippen molar-refractivity contribution in [2.24, 2.45) is 0 Å². The fraction of sp³-hybridized carbons (Fsp3) is 0.304. The van der Waals surface area contributed by atoms with E-state index in [1.54, 1.807) is 24.3 Å². The summed E-state index contributed by atoms with van der Waals surface area (Å²) in [4.78, 5) is 40.6. The summed E-state index contributed by atoms with van der Waals surface area (Å²) in [6.45, 7) is -0.366. The molecular formula is C23H23FN4O6S2. The molecule has 2 aromatic carbocycles. The van der Waals surface area contributed by atoms with Crippen LogP contribution in [-0.4, -0.2) is 57.3 Å². The van der Waals surface area contributed by atoms with Crippen LogP contribution < -0.4 is 16.0 Å². The third-order valence-corrected chi connectivity index (χ3v) is 7.92. The Balaban J connectivity index is 1.66. The number of benzene rings is 2. The van der Waals surface area contributed by atoms with Crippen LogP contribution in [0.3, 0.4) is 0 Å². The zero-order valence-electron chi connectivity index (χ0n) is 19.3. The molecule has 1 aromatic heterocycles. The first-order chi connectivity index (χ1) is 17.1. The Hall–Kier alpha value is -3.58. The molecule has 1 atom stereocenters. The lowest BCUT2D eigenvalue weighted by Gasteiger charge is -2.12. The minimum absolute atomic E-state index is 0.0508. The number of thiazole rings is 1. The quantitative estimate of drug-likeness (QED) is 0.403. The topological polar surface area (TPSA) is 144 Å². The number of para-hydroxylation sites is 1. The number of nitrogens with zero attached hydrogens (tertiary/aromatic N) is 1. The molecule has 1 unspecified atom stereocenters. The molecule has 0 radical (unpaired) electrons. The number of amides is 3. The van der Waals surface area contributed by atoms with Gasteiger partial charge in [0.15, 0.2) is 15.1 Å². The summed E-state index contributed by atoms with van der Waals surface area (Å²) in [7, 11) is -2.76. The number of nitrogens with one attached hydrogen (secondary N) is 3. The highest BCUT2D eigenvalue weighted by atomic mass is 32.2. The second-order valence-electron chi connectivity index (χ2n) is 8.28. The van der Waals surface area contributed by atoms with E-state index in [4.69, 9.17) is 0 Å². The lowest BCUT2D eigenvalue weighted by atomic mass is 10.0. The number of fused-ring (bicyclic) bond motifs is 1. The maximum atomic E-state index is 15.1. The average molecular weight is 535 g/mol. The van der Waals surface area contributed by atoms with Gasteiger partial charge in [-0.2, -0.15) is 0 Å². The lowest BCUT2D eigenvalue weighted by Crippen LogP contribution is -2.41. The maximum Gasteiger partial charge on any atom is 0.411 e. The van der Waals surface area contributed by atoms with Gasteiger partial charge >= 0.3 is 6.09 Å². The van der Waals surface area contributed by atoms with Gasteiger partial charge in [-0.1, -0.05) is 18.2 Å². The van der Waals surface area contributed by atoms with E-state index in [2.05, 4.69) is 25.7 Å². The summed E-state index contributed by atoms with van der Waals surface area (Å²) in [5, 5.41) is 5.87. The Morgan fingerprint density at radius 2 is 1.92 bits per heavy atom. The summed E-state index contributed by atoms with van der Waals surface area (Å²) >= 11 is 0.927. The van der Waals surface area contributed by atoms with E-state index in [0.717, 1.165) is 36.5 Å². The summed E-state index contributed by atoms with van der Waals surface area (Å²) in [6, 6.07) is 9.23. The van der Waals surface area contributed by atoms with Crippen molar-refractivity contribution in [3.63, 3.8) is 0 Å². The molecule has 0 bridgehead atoms. The monoisotopic (exact) mass is 534 g/mol. The second-order valence-corrected chi connectivity index (χ2v) is 11.5. The van der Waals surface area contributed by atoms with E-state index in [1.807, 2.05) is 0 Å². The summed E-state index contributed by atoms with van der Waals surface area (Å²) < 4.78 is 45.1. The Morgan fingerprint density at radius 1 is 1.19 bits per heavy atom. The number of rotatable bonds is 8. The van der Waals surface area contributed by atoms with E-state index >= 15 is 4.39 Å². The number of aromatic nitrogens is 1. The smallest absolute Gasteiger partial charge is 0.411 e. The molecule has 1 aliphatic carbocycles. The number of hydrogen-bond donors (Lipinski definition) is 3. The molecule has 3 N–H and O–H groups in total. The number of anilines is 1. The van der Waals surface area contributed by atoms with Crippen molar-refractivity contribution >= 4 is 55.0 Å². The van der Waals surface area contributed by atoms with Crippen molar-refractivity contribution in [2.75, 3.05) is 25.2 Å². The van der Waals surface area contributed by atoms with Crippen LogP contribution in [-0.2, 0) is 24.2 Å². The van der Waals surface area contributed by atoms with Crippen LogP contribution in [0, 0.1) is 5.82 Å². The molecule has 10 nitrogen and oxygen atoms in total. The number of ether oxygens (including phenoxy) is 1. The SMILES string of the molecule is COC(=O)Nc1ccccc1-c1cc2sc(C(C(=O)NCC(=O)NC3CC3)S(C)(=O)=O)nc2cc1F. The third-order valence-electron chi connectivity index (χ3n) is 5.39. The van der Waals surface area contributed by atoms with Crippen molar-refractivity contribution < 1.29 is 31.9 Å². The Morgan fingerprint density at radius 3 is 2.58 bits per heavy atom. The van der Waals surface area contributed by atoms with Crippen LogP contribution in [0.25, 0.3) is 21.3 Å². The van der Waals surface area contributed by atoms with E-state index in [1.165, 1.54) is 13.2 Å². The minimum atomic E-state index is -3.97. The van der Waals surface area contributed by atoms with Crippen molar-refractivity contribution in [2.45, 2.75) is 24.1 Å². The largest absolute Gasteiger partial charge is 0.453 e. The predicted molar refractivity (Wildman–Crippen MR) is 133 cm³/mol. The predicted octanol–water partition coefficient (Wildman–Crippen LogP) is 2.76. The molecule has 0 saturated heterocycles. The van der Waals surface area contributed by atoms with Crippen molar-refractivity contribution in [3.8, 4) is 11.1 Å². The molecule has 0 spiro atoms. The first-order valence-corrected chi connectivity index (χ1v) is 13.6. The van der Waals surface area contributed by atoms with Gasteiger partial charge in [0.05, 0.1) is 29.6 Å². The highest BCUT2D eigenvalue weighted by molar-refractivity contribution is 7.91. The van der Waals surface area contributed by atoms with Crippen LogP contribution >= 0.6 is 11.3 Å². The molecule has 13 heteroatoms. The van der Waals surface area contributed by atoms with Gasteiger partial charge in [0.25, 0.3) is 0 Å². The first-order valence-electron chi connectivity index (χ1n) is 10.9. The molecule has 1 heterocycles. The molecule has 190 valence electrons. The number of halogens is 1. The molecule has 3 aromatic rings. The maximum absolute atomic E-state index is 15.1. The number of sulfone groups is 1. The standard InChI is InChI=1S/C23H23FN4O6S2/c1-34-23(31)28-16-6-4-3-5-13(16)14-9-18-17(10-15(14)24)27-22(35-18)20(36(2,32)33)21(30)25-11-19(29)26-12-7-8-12/h3-6,9-10,12,20H,7-8,11H2,1-2H3,(H,25,30)(H,26,29)(H,28,31). The van der Waals surface area contributed by atoms with Crippen LogP contribution in [0.4, 0.5) is 14.9 Å². The molecule has 3 amide bonds. The molecule has 0 aliphatic heterocycles. The van der Waals surface area contributed by atoms with E-state index in [9.17, 15) is 22.8 Å². The molecular weight excluding hydrogens is 511 g/mol. The molecule has 1 aliphatic rings. The number of hydrogen-bond acceptors (Lipinski definition) is 8. The van der Waals surface area contributed by atoms with Gasteiger partial charge < -0.3 is 15.4 Å². The van der Waals surface area contributed by atoms with Gasteiger partial charge in [0.1, 0.15) is 10.8 Å². The van der Waals surface area contributed by atoms with Gasteiger partial charge in [-0.3, -0.25) is 14.9 Å². The van der Waals surface area contributed by atoms with Gasteiger partial charge in [-0.25, -0.2) is 22.6 Å². The van der Waals surface area contributed by atoms with E-state index < -0.39 is 38.8 Å². The van der Waals surface area contributed by atoms with Gasteiger partial charge in [-0.05, 0) is 25.0 Å². The highest BCUT2D eigenvalue weighted by Gasteiger charge is 2.34. The Kier molecular flexibility index (Phi) is 7.22. The molecule has 1 saturated carbocycles. The summed E-state index contributed by atoms with van der Waals surface area (Å²) in [6.07, 6.45) is 1.92. The van der Waals surface area contributed by atoms with Crippen LogP contribution in [0.2, 0.25) is 0 Å². The average Bonchev–Trinajstić information content (AvgIpc) is 3.54. The second kappa shape index (κ2) is 10.2. The van der Waals surface area contributed by atoms with Crippen molar-refractivity contribution in [1.82, 2.24) is 15.6 Å². The Labute approximate surface area is 210 Å². The highest BCUT2D eigenvalue weighted by Crippen LogP contribution is 2.37. The van der Waals surface area contributed by atoms with Crippen LogP contribution in [0.15, 0.2) is 36.4 Å². The fourth-order valence-electron chi connectivity index (χ4n) is 3.53. The van der Waals surface area contributed by atoms with E-state index in [0.29, 0.717) is 16.0 Å². The first kappa shape index (κ1) is 25.5.